The van der Waals surface area contributed by atoms with Crippen LogP contribution < -0.4 is 0 Å². The summed E-state index contributed by atoms with van der Waals surface area (Å²) in [7, 11) is -3.50. The molecule has 0 atom stereocenters. The number of aromatic nitrogens is 4. The van der Waals surface area contributed by atoms with E-state index in [0.29, 0.717) is 22.6 Å². The lowest BCUT2D eigenvalue weighted by atomic mass is 10.2. The first-order valence-corrected chi connectivity index (χ1v) is 8.58. The molecular formula is C14H13ClN4O2S. The minimum atomic E-state index is -3.50. The van der Waals surface area contributed by atoms with Crippen LogP contribution in [0.1, 0.15) is 17.0 Å². The number of fused-ring (bicyclic) bond motifs is 1. The van der Waals surface area contributed by atoms with Crippen LogP contribution in [-0.4, -0.2) is 28.2 Å². The molecule has 0 aliphatic rings. The van der Waals surface area contributed by atoms with Crippen LogP contribution in [0.4, 0.5) is 0 Å². The Morgan fingerprint density at radius 2 is 1.82 bits per heavy atom. The van der Waals surface area contributed by atoms with E-state index >= 15 is 0 Å². The SMILES string of the molecule is Cc1c(Cl)nn2c(C)nnc2c1CS(=O)(=O)c1ccccc1. The maximum atomic E-state index is 12.6. The van der Waals surface area contributed by atoms with Crippen LogP contribution in [0.3, 0.4) is 0 Å². The predicted molar refractivity (Wildman–Crippen MR) is 82.6 cm³/mol. The van der Waals surface area contributed by atoms with Crippen molar-refractivity contribution < 1.29 is 8.42 Å². The van der Waals surface area contributed by atoms with Gasteiger partial charge in [-0.05, 0) is 31.5 Å². The van der Waals surface area contributed by atoms with Crippen LogP contribution in [0.25, 0.3) is 5.65 Å². The number of sulfone groups is 1. The van der Waals surface area contributed by atoms with Gasteiger partial charge in [0.05, 0.1) is 10.6 Å². The second-order valence-corrected chi connectivity index (χ2v) is 7.30. The van der Waals surface area contributed by atoms with E-state index in [0.717, 1.165) is 0 Å². The molecule has 0 saturated heterocycles. The van der Waals surface area contributed by atoms with Gasteiger partial charge in [-0.25, -0.2) is 8.42 Å². The quantitative estimate of drug-likeness (QED) is 0.733. The van der Waals surface area contributed by atoms with Gasteiger partial charge in [-0.3, -0.25) is 0 Å². The van der Waals surface area contributed by atoms with Crippen molar-refractivity contribution in [3.63, 3.8) is 0 Å². The third-order valence-corrected chi connectivity index (χ3v) is 5.47. The van der Waals surface area contributed by atoms with Gasteiger partial charge in [0.25, 0.3) is 0 Å². The van der Waals surface area contributed by atoms with Gasteiger partial charge in [0.2, 0.25) is 0 Å². The van der Waals surface area contributed by atoms with Gasteiger partial charge in [-0.15, -0.1) is 10.2 Å². The largest absolute Gasteiger partial charge is 0.223 e. The van der Waals surface area contributed by atoms with Crippen LogP contribution in [0.5, 0.6) is 0 Å². The van der Waals surface area contributed by atoms with Crippen LogP contribution in [-0.2, 0) is 15.6 Å². The molecule has 0 amide bonds. The summed E-state index contributed by atoms with van der Waals surface area (Å²) in [5.41, 5.74) is 1.53. The predicted octanol–water partition coefficient (Wildman–Crippen LogP) is 2.37. The van der Waals surface area contributed by atoms with Crippen molar-refractivity contribution in [1.82, 2.24) is 19.8 Å². The Labute approximate surface area is 132 Å². The number of hydrogen-bond acceptors (Lipinski definition) is 5. The second-order valence-electron chi connectivity index (χ2n) is 4.95. The first kappa shape index (κ1) is 14.9. The molecule has 2 aromatic heterocycles. The van der Waals surface area contributed by atoms with E-state index in [1.165, 1.54) is 4.52 Å². The lowest BCUT2D eigenvalue weighted by Gasteiger charge is -2.10. The molecule has 0 radical (unpaired) electrons. The second kappa shape index (κ2) is 5.33. The van der Waals surface area contributed by atoms with Gasteiger partial charge in [-0.1, -0.05) is 29.8 Å². The number of benzene rings is 1. The van der Waals surface area contributed by atoms with Crippen molar-refractivity contribution in [2.75, 3.05) is 0 Å². The highest BCUT2D eigenvalue weighted by Crippen LogP contribution is 2.25. The zero-order chi connectivity index (χ0) is 15.9. The van der Waals surface area contributed by atoms with Gasteiger partial charge in [0, 0.05) is 5.56 Å². The molecule has 8 heteroatoms. The fourth-order valence-electron chi connectivity index (χ4n) is 2.19. The minimum Gasteiger partial charge on any atom is -0.223 e. The molecule has 3 rings (SSSR count). The summed E-state index contributed by atoms with van der Waals surface area (Å²) < 4.78 is 26.7. The number of rotatable bonds is 3. The summed E-state index contributed by atoms with van der Waals surface area (Å²) in [5, 5.41) is 12.4. The molecule has 0 aliphatic heterocycles. The average molecular weight is 337 g/mol. The van der Waals surface area contributed by atoms with Gasteiger partial charge in [0.1, 0.15) is 0 Å². The Morgan fingerprint density at radius 1 is 1.14 bits per heavy atom. The summed E-state index contributed by atoms with van der Waals surface area (Å²) in [6, 6.07) is 8.29. The molecule has 1 aromatic carbocycles. The first-order valence-electron chi connectivity index (χ1n) is 6.55. The first-order chi connectivity index (χ1) is 10.4. The van der Waals surface area contributed by atoms with E-state index in [1.54, 1.807) is 44.2 Å². The summed E-state index contributed by atoms with van der Waals surface area (Å²) in [4.78, 5) is 0.261. The molecule has 0 spiro atoms. The molecule has 0 N–H and O–H groups in total. The van der Waals surface area contributed by atoms with Gasteiger partial charge in [-0.2, -0.15) is 9.61 Å². The lowest BCUT2D eigenvalue weighted by molar-refractivity contribution is 0.595. The van der Waals surface area contributed by atoms with Crippen LogP contribution in [0.2, 0.25) is 5.15 Å². The molecule has 0 fully saturated rings. The molecular weight excluding hydrogens is 324 g/mol. The lowest BCUT2D eigenvalue weighted by Crippen LogP contribution is -2.10. The van der Waals surface area contributed by atoms with Crippen molar-refractivity contribution in [3.05, 3.63) is 52.4 Å². The van der Waals surface area contributed by atoms with Crippen molar-refractivity contribution in [2.24, 2.45) is 0 Å². The number of halogens is 1. The fraction of sp³-hybridized carbons (Fsp3) is 0.214. The smallest absolute Gasteiger partial charge is 0.182 e. The topological polar surface area (TPSA) is 77.2 Å². The summed E-state index contributed by atoms with van der Waals surface area (Å²) >= 11 is 6.11. The highest BCUT2D eigenvalue weighted by molar-refractivity contribution is 7.90. The normalized spacial score (nSPS) is 12.0. The van der Waals surface area contributed by atoms with E-state index in [2.05, 4.69) is 15.3 Å². The molecule has 3 aromatic rings. The Bertz CT molecular complexity index is 952. The number of hydrogen-bond donors (Lipinski definition) is 0. The van der Waals surface area contributed by atoms with E-state index in [9.17, 15) is 8.42 Å². The van der Waals surface area contributed by atoms with Crippen molar-refractivity contribution in [1.29, 1.82) is 0 Å². The zero-order valence-electron chi connectivity index (χ0n) is 12.0. The van der Waals surface area contributed by atoms with Crippen LogP contribution >= 0.6 is 11.6 Å². The van der Waals surface area contributed by atoms with Crippen LogP contribution in [0.15, 0.2) is 35.2 Å². The van der Waals surface area contributed by atoms with E-state index in [4.69, 9.17) is 11.6 Å². The molecule has 2 heterocycles. The summed E-state index contributed by atoms with van der Waals surface area (Å²) in [5.74, 6) is 0.349. The van der Waals surface area contributed by atoms with E-state index < -0.39 is 9.84 Å². The fourth-order valence-corrected chi connectivity index (χ4v) is 3.85. The van der Waals surface area contributed by atoms with Crippen molar-refractivity contribution >= 4 is 27.1 Å². The minimum absolute atomic E-state index is 0.202. The molecule has 0 saturated carbocycles. The Balaban J connectivity index is 2.17. The highest BCUT2D eigenvalue weighted by atomic mass is 35.5. The van der Waals surface area contributed by atoms with Crippen molar-refractivity contribution in [3.8, 4) is 0 Å². The Kier molecular flexibility index (Phi) is 3.62. The monoisotopic (exact) mass is 336 g/mol. The average Bonchev–Trinajstić information content (AvgIpc) is 2.86. The Morgan fingerprint density at radius 3 is 2.50 bits per heavy atom. The number of nitrogens with zero attached hydrogens (tertiary/aromatic N) is 4. The molecule has 0 unspecified atom stereocenters. The maximum Gasteiger partial charge on any atom is 0.182 e. The third kappa shape index (κ3) is 2.46. The standard InChI is InChI=1S/C14H13ClN4O2S/c1-9-12(8-22(20,21)11-6-4-3-5-7-11)14-17-16-10(2)19(14)18-13(9)15/h3-7H,8H2,1-2H3. The van der Waals surface area contributed by atoms with Gasteiger partial charge >= 0.3 is 0 Å². The van der Waals surface area contributed by atoms with Crippen molar-refractivity contribution in [2.45, 2.75) is 24.5 Å². The molecule has 0 aliphatic carbocycles. The molecule has 6 nitrogen and oxygen atoms in total. The maximum absolute atomic E-state index is 12.6. The van der Waals surface area contributed by atoms with Gasteiger partial charge < -0.3 is 0 Å². The molecule has 0 bridgehead atoms. The number of aryl methyl sites for hydroxylation is 1. The summed E-state index contributed by atoms with van der Waals surface area (Å²) in [6.07, 6.45) is 0. The highest BCUT2D eigenvalue weighted by Gasteiger charge is 2.22. The summed E-state index contributed by atoms with van der Waals surface area (Å²) in [6.45, 7) is 3.46. The zero-order valence-corrected chi connectivity index (χ0v) is 13.6. The molecule has 114 valence electrons. The third-order valence-electron chi connectivity index (χ3n) is 3.45. The van der Waals surface area contributed by atoms with Gasteiger partial charge in [0.15, 0.2) is 26.5 Å². The Hall–Kier alpha value is -1.99. The van der Waals surface area contributed by atoms with Crippen LogP contribution in [0, 0.1) is 13.8 Å². The van der Waals surface area contributed by atoms with E-state index in [1.807, 2.05) is 0 Å². The van der Waals surface area contributed by atoms with E-state index in [-0.39, 0.29) is 15.8 Å². The molecule has 22 heavy (non-hydrogen) atoms.